The van der Waals surface area contributed by atoms with Gasteiger partial charge in [-0.15, -0.1) is 12.4 Å². The maximum absolute atomic E-state index is 13.9. The van der Waals surface area contributed by atoms with Crippen LogP contribution in [0.1, 0.15) is 34.8 Å². The van der Waals surface area contributed by atoms with E-state index in [1.807, 2.05) is 30.3 Å². The van der Waals surface area contributed by atoms with Crippen molar-refractivity contribution < 1.29 is 17.9 Å². The Morgan fingerprint density at radius 1 is 1.02 bits per heavy atom. The summed E-state index contributed by atoms with van der Waals surface area (Å²) in [4.78, 5) is 23.0. The lowest BCUT2D eigenvalue weighted by Gasteiger charge is -2.27. The van der Waals surface area contributed by atoms with Gasteiger partial charge in [0.2, 0.25) is 0 Å². The number of para-hydroxylation sites is 1. The monoisotopic (exact) mass is 626 g/mol. The van der Waals surface area contributed by atoms with Gasteiger partial charge in [-0.2, -0.15) is 0 Å². The van der Waals surface area contributed by atoms with Crippen molar-refractivity contribution >= 4 is 60.7 Å². The molecule has 0 aliphatic carbocycles. The van der Waals surface area contributed by atoms with E-state index >= 15 is 0 Å². The predicted molar refractivity (Wildman–Crippen MR) is 171 cm³/mol. The molecule has 8 nitrogen and oxygen atoms in total. The van der Waals surface area contributed by atoms with Crippen LogP contribution in [0.25, 0.3) is 10.2 Å². The van der Waals surface area contributed by atoms with Crippen molar-refractivity contribution in [2.75, 3.05) is 55.1 Å². The van der Waals surface area contributed by atoms with Crippen molar-refractivity contribution in [3.05, 3.63) is 83.4 Å². The number of nitrogens with zero attached hydrogens (tertiary/aromatic N) is 4. The molecule has 3 heterocycles. The number of aryl methyl sites for hydroxylation is 1. The number of hydrogen-bond acceptors (Lipinski definition) is 7. The molecule has 1 aromatic heterocycles. The summed E-state index contributed by atoms with van der Waals surface area (Å²) in [6.45, 7) is 7.18. The minimum atomic E-state index is -3.74. The molecule has 3 aromatic carbocycles. The lowest BCUT2D eigenvalue weighted by atomic mass is 10.2. The van der Waals surface area contributed by atoms with Crippen LogP contribution in [-0.2, 0) is 27.6 Å². The van der Waals surface area contributed by atoms with Crippen molar-refractivity contribution in [1.29, 1.82) is 0 Å². The van der Waals surface area contributed by atoms with Gasteiger partial charge in [-0.25, -0.2) is 13.4 Å². The van der Waals surface area contributed by atoms with E-state index in [2.05, 4.69) is 24.0 Å². The number of morpholine rings is 1. The lowest BCUT2D eigenvalue weighted by molar-refractivity contribution is 0.0376. The van der Waals surface area contributed by atoms with Gasteiger partial charge in [-0.1, -0.05) is 42.5 Å². The molecule has 42 heavy (non-hydrogen) atoms. The van der Waals surface area contributed by atoms with Crippen molar-refractivity contribution in [3.63, 3.8) is 0 Å². The molecule has 0 unspecified atom stereocenters. The van der Waals surface area contributed by atoms with Gasteiger partial charge in [0.15, 0.2) is 5.13 Å². The molecule has 2 aliphatic rings. The van der Waals surface area contributed by atoms with Crippen LogP contribution in [0.5, 0.6) is 0 Å². The van der Waals surface area contributed by atoms with Gasteiger partial charge in [-0.05, 0) is 72.9 Å². The fourth-order valence-electron chi connectivity index (χ4n) is 5.46. The second-order valence-electron chi connectivity index (χ2n) is 10.4. The van der Waals surface area contributed by atoms with Gasteiger partial charge in [0, 0.05) is 38.3 Å². The third-order valence-corrected chi connectivity index (χ3v) is 10.7. The first-order chi connectivity index (χ1) is 19.9. The largest absolute Gasteiger partial charge is 0.379 e. The average Bonchev–Trinajstić information content (AvgIpc) is 3.64. The molecule has 0 saturated carbocycles. The van der Waals surface area contributed by atoms with E-state index in [9.17, 15) is 13.2 Å². The Labute approximate surface area is 257 Å². The Morgan fingerprint density at radius 3 is 2.55 bits per heavy atom. The van der Waals surface area contributed by atoms with E-state index in [1.54, 1.807) is 29.2 Å². The second kappa shape index (κ2) is 13.1. The van der Waals surface area contributed by atoms with Crippen molar-refractivity contribution in [2.24, 2.45) is 0 Å². The molecule has 6 rings (SSSR count). The van der Waals surface area contributed by atoms with Crippen LogP contribution in [0.4, 0.5) is 10.8 Å². The number of carbonyl (C=O) groups excluding carboxylic acids is 1. The number of carbonyl (C=O) groups is 1. The Balaban J connectivity index is 0.00000353. The average molecular weight is 627 g/mol. The Morgan fingerprint density at radius 2 is 1.79 bits per heavy atom. The maximum Gasteiger partial charge on any atom is 0.264 e. The molecule has 2 aliphatic heterocycles. The molecule has 1 saturated heterocycles. The SMILES string of the molecule is CCc1ccc2nc(N(CCCN3CCOCC3)C(=O)c3ccc(S(=O)(=O)N4CCc5ccccc54)cc3)sc2c1.Cl. The third-order valence-electron chi connectivity index (χ3n) is 7.82. The number of rotatable bonds is 9. The molecule has 1 fully saturated rings. The van der Waals surface area contributed by atoms with Crippen LogP contribution in [0, 0.1) is 0 Å². The van der Waals surface area contributed by atoms with Crippen LogP contribution in [0.15, 0.2) is 71.6 Å². The van der Waals surface area contributed by atoms with Gasteiger partial charge in [0.25, 0.3) is 15.9 Å². The van der Waals surface area contributed by atoms with Gasteiger partial charge in [0.1, 0.15) is 0 Å². The number of aromatic nitrogens is 1. The van der Waals surface area contributed by atoms with Crippen LogP contribution < -0.4 is 9.21 Å². The smallest absolute Gasteiger partial charge is 0.264 e. The molecule has 0 N–H and O–H groups in total. The molecule has 11 heteroatoms. The second-order valence-corrected chi connectivity index (χ2v) is 13.3. The molecule has 4 aromatic rings. The van der Waals surface area contributed by atoms with Gasteiger partial charge < -0.3 is 4.74 Å². The number of sulfonamides is 1. The zero-order valence-corrected chi connectivity index (χ0v) is 26.0. The summed E-state index contributed by atoms with van der Waals surface area (Å²) >= 11 is 1.52. The highest BCUT2D eigenvalue weighted by atomic mass is 35.5. The third kappa shape index (κ3) is 6.18. The highest BCUT2D eigenvalue weighted by Crippen LogP contribution is 2.34. The number of halogens is 1. The Kier molecular flexibility index (Phi) is 9.49. The number of hydrogen-bond donors (Lipinski definition) is 0. The number of amides is 1. The minimum absolute atomic E-state index is 0. The fraction of sp³-hybridized carbons (Fsp3) is 0.355. The Hall–Kier alpha value is -3.02. The van der Waals surface area contributed by atoms with Crippen molar-refractivity contribution in [3.8, 4) is 0 Å². The Bertz CT molecular complexity index is 1650. The normalized spacial score (nSPS) is 15.4. The molecule has 0 atom stereocenters. The highest BCUT2D eigenvalue weighted by molar-refractivity contribution is 7.92. The van der Waals surface area contributed by atoms with E-state index < -0.39 is 10.0 Å². The summed E-state index contributed by atoms with van der Waals surface area (Å²) in [7, 11) is -3.74. The molecule has 0 bridgehead atoms. The first kappa shape index (κ1) is 30.4. The van der Waals surface area contributed by atoms with Gasteiger partial charge in [-0.3, -0.25) is 18.9 Å². The maximum atomic E-state index is 13.9. The standard InChI is InChI=1S/C31H34N4O4S2.ClH/c1-2-23-8-13-27-29(22-23)40-31(32-27)34(16-5-15-33-18-20-39-21-19-33)30(36)25-9-11-26(12-10-25)41(37,38)35-17-14-24-6-3-4-7-28(24)35;/h3-4,6-13,22H,2,5,14-21H2,1H3;1H. The van der Waals surface area contributed by atoms with E-state index in [4.69, 9.17) is 9.72 Å². The summed E-state index contributed by atoms with van der Waals surface area (Å²) in [5.74, 6) is -0.183. The highest BCUT2D eigenvalue weighted by Gasteiger charge is 2.31. The first-order valence-corrected chi connectivity index (χ1v) is 16.4. The first-order valence-electron chi connectivity index (χ1n) is 14.2. The van der Waals surface area contributed by atoms with Crippen LogP contribution in [-0.4, -0.2) is 70.1 Å². The molecular weight excluding hydrogens is 592 g/mol. The molecular formula is C31H35ClN4O4S2. The number of benzene rings is 3. The topological polar surface area (TPSA) is 83.0 Å². The summed E-state index contributed by atoms with van der Waals surface area (Å²) < 4.78 is 35.0. The number of anilines is 2. The molecule has 0 radical (unpaired) electrons. The molecule has 222 valence electrons. The van der Waals surface area contributed by atoms with Crippen molar-refractivity contribution in [1.82, 2.24) is 9.88 Å². The summed E-state index contributed by atoms with van der Waals surface area (Å²) in [6, 6.07) is 20.1. The number of ether oxygens (including phenoxy) is 1. The van der Waals surface area contributed by atoms with Gasteiger partial charge in [0.05, 0.1) is 34.0 Å². The van der Waals surface area contributed by atoms with E-state index in [-0.39, 0.29) is 23.2 Å². The zero-order valence-electron chi connectivity index (χ0n) is 23.6. The van der Waals surface area contributed by atoms with Crippen LogP contribution in [0.3, 0.4) is 0 Å². The quantitative estimate of drug-likeness (QED) is 0.247. The summed E-state index contributed by atoms with van der Waals surface area (Å²) in [5, 5.41) is 0.658. The lowest BCUT2D eigenvalue weighted by Crippen LogP contribution is -2.39. The predicted octanol–water partition coefficient (Wildman–Crippen LogP) is 5.40. The van der Waals surface area contributed by atoms with Crippen LogP contribution in [0.2, 0.25) is 0 Å². The summed E-state index contributed by atoms with van der Waals surface area (Å²) in [5.41, 5.74) is 4.29. The molecule has 0 spiro atoms. The van der Waals surface area contributed by atoms with E-state index in [0.29, 0.717) is 30.2 Å². The fourth-order valence-corrected chi connectivity index (χ4v) is 8.02. The van der Waals surface area contributed by atoms with E-state index in [1.165, 1.54) is 21.2 Å². The summed E-state index contributed by atoms with van der Waals surface area (Å²) in [6.07, 6.45) is 2.42. The van der Waals surface area contributed by atoms with E-state index in [0.717, 1.165) is 67.2 Å². The molecule has 1 amide bonds. The number of thiazole rings is 1. The van der Waals surface area contributed by atoms with Crippen molar-refractivity contribution in [2.45, 2.75) is 31.1 Å². The zero-order chi connectivity index (χ0) is 28.4. The minimum Gasteiger partial charge on any atom is -0.379 e. The van der Waals surface area contributed by atoms with Gasteiger partial charge >= 0.3 is 0 Å². The number of fused-ring (bicyclic) bond motifs is 2. The van der Waals surface area contributed by atoms with Crippen LogP contribution >= 0.6 is 23.7 Å².